The van der Waals surface area contributed by atoms with Crippen LogP contribution in [0.1, 0.15) is 78.8 Å². The minimum Gasteiger partial charge on any atom is -0.481 e. The van der Waals surface area contributed by atoms with Gasteiger partial charge in [0.05, 0.1) is 29.7 Å². The van der Waals surface area contributed by atoms with Crippen LogP contribution in [0, 0.1) is 23.2 Å². The Balaban J connectivity index is 0.00000461. The lowest BCUT2D eigenvalue weighted by Crippen LogP contribution is -2.46. The Morgan fingerprint density at radius 3 is 2.44 bits per heavy atom. The van der Waals surface area contributed by atoms with E-state index in [-0.39, 0.29) is 30.4 Å². The zero-order chi connectivity index (χ0) is 31.4. The number of aliphatic carboxylic acids is 1. The number of benzene rings is 2. The zero-order valence-electron chi connectivity index (χ0n) is 25.7. The van der Waals surface area contributed by atoms with E-state index in [1.807, 2.05) is 6.07 Å². The van der Waals surface area contributed by atoms with Crippen LogP contribution in [-0.2, 0) is 36.9 Å². The number of hydrogen-bond acceptors (Lipinski definition) is 8. The topological polar surface area (TPSA) is 107 Å². The maximum absolute atomic E-state index is 13.5. The Morgan fingerprint density at radius 1 is 1.13 bits per heavy atom. The number of carboxylic acids is 1. The molecule has 2 aromatic carbocycles. The van der Waals surface area contributed by atoms with Gasteiger partial charge in [0, 0.05) is 32.4 Å². The summed E-state index contributed by atoms with van der Waals surface area (Å²) in [6.07, 6.45) is 3.08. The minimum absolute atomic E-state index is 0. The first-order valence-corrected chi connectivity index (χ1v) is 15.4. The van der Waals surface area contributed by atoms with Gasteiger partial charge in [0.2, 0.25) is 5.96 Å². The number of guanidine groups is 1. The molecule has 0 radical (unpaired) electrons. The van der Waals surface area contributed by atoms with E-state index in [1.165, 1.54) is 23.6 Å². The molecule has 2 aliphatic carbocycles. The van der Waals surface area contributed by atoms with E-state index in [0.29, 0.717) is 36.8 Å². The highest BCUT2D eigenvalue weighted by molar-refractivity contribution is 5.85. The van der Waals surface area contributed by atoms with Crippen LogP contribution in [0.3, 0.4) is 0 Å². The van der Waals surface area contributed by atoms with Crippen molar-refractivity contribution in [2.75, 3.05) is 25.0 Å². The third kappa shape index (κ3) is 8.13. The fourth-order valence-corrected chi connectivity index (χ4v) is 6.61. The van der Waals surface area contributed by atoms with Crippen LogP contribution in [0.2, 0.25) is 0 Å². The van der Waals surface area contributed by atoms with Gasteiger partial charge in [-0.05, 0) is 111 Å². The molecule has 1 heterocycles. The first-order chi connectivity index (χ1) is 21.0. The maximum atomic E-state index is 13.5. The molecule has 2 aromatic rings. The second-order valence-electron chi connectivity index (χ2n) is 12.0. The molecule has 13 heteroatoms. The Hall–Kier alpha value is -3.69. The number of carbonyl (C=O) groups is 1. The van der Waals surface area contributed by atoms with Crippen LogP contribution in [0.5, 0.6) is 0 Å². The van der Waals surface area contributed by atoms with E-state index in [9.17, 15) is 28.3 Å². The van der Waals surface area contributed by atoms with Crippen LogP contribution < -0.4 is 15.8 Å². The van der Waals surface area contributed by atoms with Crippen LogP contribution in [-0.4, -0.2) is 47.3 Å². The zero-order valence-corrected chi connectivity index (χ0v) is 26.5. The second-order valence-corrected chi connectivity index (χ2v) is 12.0. The number of hydrazine groups is 2. The van der Waals surface area contributed by atoms with Crippen molar-refractivity contribution in [2.45, 2.75) is 77.6 Å². The Kier molecular flexibility index (Phi) is 11.1. The number of fused-ring (bicyclic) bond motifs is 1. The molecular weight excluding hydrogens is 607 g/mol. The van der Waals surface area contributed by atoms with Crippen LogP contribution in [0.25, 0.3) is 0 Å². The number of nitrogens with zero attached hydrogens (tertiary/aromatic N) is 5. The lowest BCUT2D eigenvalue weighted by atomic mass is 9.81. The smallest absolute Gasteiger partial charge is 0.416 e. The summed E-state index contributed by atoms with van der Waals surface area (Å²) >= 11 is 0. The number of nitrogens with one attached hydrogen (secondary N) is 2. The number of carboxylic acid groups (broad SMARTS) is 1. The summed E-state index contributed by atoms with van der Waals surface area (Å²) in [5.74, 6) is -0.0432. The minimum atomic E-state index is -4.56. The van der Waals surface area contributed by atoms with Crippen LogP contribution in [0.15, 0.2) is 35.4 Å². The predicted molar refractivity (Wildman–Crippen MR) is 168 cm³/mol. The predicted octanol–water partition coefficient (Wildman–Crippen LogP) is 5.82. The van der Waals surface area contributed by atoms with Gasteiger partial charge in [-0.1, -0.05) is 6.07 Å². The molecule has 1 fully saturated rings. The number of halogens is 4. The van der Waals surface area contributed by atoms with Gasteiger partial charge >= 0.3 is 12.1 Å². The molecule has 3 N–H and O–H groups in total. The largest absolute Gasteiger partial charge is 0.481 e. The molecule has 0 unspecified atom stereocenters. The number of anilines is 1. The average molecular weight is 648 g/mol. The molecule has 3 aliphatic rings. The standard InChI is InChI=1S/C32H40F3N7O2.ClH/c1-3-41(19-21-8-10-24(11-9-21)30(43)44)29-16-26-7-5-4-6-25(26)15-27(29)18-37-31-38-39-40(2)42(31)20-23-12-22(17-36)13-28(14-23)32(33,34)35;/h12-16,21,24,39H,3-11,18-20H2,1-2H3,(H,37,38)(H,43,44);1H/t21-,24-;. The highest BCUT2D eigenvalue weighted by Gasteiger charge is 2.32. The molecule has 244 valence electrons. The van der Waals surface area contributed by atoms with Crippen molar-refractivity contribution < 1.29 is 23.1 Å². The van der Waals surface area contributed by atoms with Crippen molar-refractivity contribution >= 4 is 30.0 Å². The number of hydrogen-bond donors (Lipinski definition) is 3. The molecule has 0 amide bonds. The van der Waals surface area contributed by atoms with Gasteiger partial charge in [-0.15, -0.1) is 22.6 Å². The van der Waals surface area contributed by atoms with Gasteiger partial charge < -0.3 is 15.3 Å². The number of nitriles is 1. The van der Waals surface area contributed by atoms with E-state index in [4.69, 9.17) is 0 Å². The molecule has 0 aromatic heterocycles. The van der Waals surface area contributed by atoms with Crippen molar-refractivity contribution in [3.8, 4) is 6.07 Å². The first kappa shape index (κ1) is 34.2. The molecule has 0 bridgehead atoms. The van der Waals surface area contributed by atoms with E-state index >= 15 is 0 Å². The summed E-state index contributed by atoms with van der Waals surface area (Å²) < 4.78 is 40.5. The van der Waals surface area contributed by atoms with Crippen LogP contribution >= 0.6 is 12.4 Å². The number of rotatable bonds is 9. The van der Waals surface area contributed by atoms with Gasteiger partial charge in [-0.2, -0.15) is 18.4 Å². The summed E-state index contributed by atoms with van der Waals surface area (Å²) in [5.41, 5.74) is 7.29. The molecule has 1 saturated carbocycles. The maximum Gasteiger partial charge on any atom is 0.416 e. The fourth-order valence-electron chi connectivity index (χ4n) is 6.61. The second kappa shape index (κ2) is 14.6. The molecule has 5 rings (SSSR count). The summed E-state index contributed by atoms with van der Waals surface area (Å²) in [6, 6.07) is 9.82. The van der Waals surface area contributed by atoms with Gasteiger partial charge in [-0.25, -0.2) is 5.53 Å². The molecule has 45 heavy (non-hydrogen) atoms. The molecular formula is C32H41ClF3N7O2. The average Bonchev–Trinajstić information content (AvgIpc) is 3.36. The number of alkyl halides is 3. The summed E-state index contributed by atoms with van der Waals surface area (Å²) in [6.45, 7) is 4.36. The normalized spacial score (nSPS) is 19.9. The quantitative estimate of drug-likeness (QED) is 0.313. The fraction of sp³-hybridized carbons (Fsp3) is 0.531. The Bertz CT molecular complexity index is 1440. The van der Waals surface area contributed by atoms with E-state index in [0.717, 1.165) is 68.6 Å². The SMILES string of the molecule is CCN(C[C@H]1CC[C@H](C(=O)O)CC1)c1cc2c(cc1CNC1=NNN(C)N1Cc1cc(C#N)cc(C(F)(F)F)c1)CCCC2.Cl. The summed E-state index contributed by atoms with van der Waals surface area (Å²) in [4.78, 5) is 13.9. The summed E-state index contributed by atoms with van der Waals surface area (Å²) in [5, 5.41) is 29.8. The van der Waals surface area contributed by atoms with Gasteiger partial charge in [0.25, 0.3) is 0 Å². The lowest BCUT2D eigenvalue weighted by molar-refractivity contribution is -0.143. The van der Waals surface area contributed by atoms with E-state index < -0.39 is 17.7 Å². The Labute approximate surface area is 268 Å². The number of aryl methyl sites for hydroxylation is 2. The van der Waals surface area contributed by atoms with Gasteiger partial charge in [0.1, 0.15) is 0 Å². The van der Waals surface area contributed by atoms with E-state index in [1.54, 1.807) is 17.2 Å². The molecule has 0 saturated heterocycles. The van der Waals surface area contributed by atoms with Crippen molar-refractivity contribution in [1.29, 1.82) is 5.26 Å². The van der Waals surface area contributed by atoms with Crippen molar-refractivity contribution in [2.24, 2.45) is 16.9 Å². The highest BCUT2D eigenvalue weighted by atomic mass is 35.5. The molecule has 0 spiro atoms. The van der Waals surface area contributed by atoms with Crippen molar-refractivity contribution in [1.82, 2.24) is 21.0 Å². The molecule has 9 nitrogen and oxygen atoms in total. The monoisotopic (exact) mass is 647 g/mol. The third-order valence-corrected chi connectivity index (χ3v) is 9.07. The molecule has 0 atom stereocenters. The van der Waals surface area contributed by atoms with Gasteiger partial charge in [0.15, 0.2) is 0 Å². The Morgan fingerprint density at radius 2 is 1.82 bits per heavy atom. The lowest BCUT2D eigenvalue weighted by Gasteiger charge is -2.34. The van der Waals surface area contributed by atoms with Crippen molar-refractivity contribution in [3.63, 3.8) is 0 Å². The van der Waals surface area contributed by atoms with E-state index in [2.05, 4.69) is 39.9 Å². The third-order valence-electron chi connectivity index (χ3n) is 9.07. The van der Waals surface area contributed by atoms with Crippen molar-refractivity contribution in [3.05, 3.63) is 63.7 Å². The van der Waals surface area contributed by atoms with Crippen LogP contribution in [0.4, 0.5) is 18.9 Å². The number of hydrazone groups is 1. The molecule has 1 aliphatic heterocycles. The first-order valence-electron chi connectivity index (χ1n) is 15.4. The highest BCUT2D eigenvalue weighted by Crippen LogP contribution is 2.35. The van der Waals surface area contributed by atoms with Gasteiger partial charge in [-0.3, -0.25) is 9.80 Å². The summed E-state index contributed by atoms with van der Waals surface area (Å²) in [7, 11) is 1.72.